The summed E-state index contributed by atoms with van der Waals surface area (Å²) in [6.45, 7) is 4.26. The van der Waals surface area contributed by atoms with Gasteiger partial charge in [0.25, 0.3) is 5.56 Å². The van der Waals surface area contributed by atoms with Crippen LogP contribution < -0.4 is 29.1 Å². The molecule has 1 aliphatic heterocycles. The molecule has 0 amide bonds. The highest BCUT2D eigenvalue weighted by Gasteiger charge is 2.34. The molecule has 2 aromatic heterocycles. The first-order valence-corrected chi connectivity index (χ1v) is 15.8. The van der Waals surface area contributed by atoms with Crippen molar-refractivity contribution in [3.63, 3.8) is 0 Å². The van der Waals surface area contributed by atoms with Gasteiger partial charge in [0.05, 0.1) is 49.8 Å². The van der Waals surface area contributed by atoms with Gasteiger partial charge in [0, 0.05) is 34.2 Å². The molecule has 3 heterocycles. The van der Waals surface area contributed by atoms with Crippen molar-refractivity contribution in [2.45, 2.75) is 26.4 Å². The van der Waals surface area contributed by atoms with Crippen LogP contribution in [0.1, 0.15) is 36.6 Å². The van der Waals surface area contributed by atoms with E-state index in [0.717, 1.165) is 22.0 Å². The molecule has 6 rings (SSSR count). The minimum atomic E-state index is -0.852. The van der Waals surface area contributed by atoms with Crippen molar-refractivity contribution in [1.29, 1.82) is 0 Å². The topological polar surface area (TPSA) is 93.3 Å². The third kappa shape index (κ3) is 5.59. The van der Waals surface area contributed by atoms with Crippen LogP contribution in [-0.4, -0.2) is 43.0 Å². The zero-order valence-electron chi connectivity index (χ0n) is 26.0. The second kappa shape index (κ2) is 12.9. The number of halogens is 1. The Bertz CT molecular complexity index is 2170. The molecule has 0 aliphatic carbocycles. The van der Waals surface area contributed by atoms with Crippen molar-refractivity contribution < 1.29 is 23.7 Å². The molecule has 0 spiro atoms. The Kier molecular flexibility index (Phi) is 8.75. The summed E-state index contributed by atoms with van der Waals surface area (Å²) < 4.78 is 26.4. The van der Waals surface area contributed by atoms with Crippen molar-refractivity contribution in [3.8, 4) is 17.2 Å². The van der Waals surface area contributed by atoms with Gasteiger partial charge < -0.3 is 23.5 Å². The van der Waals surface area contributed by atoms with Crippen LogP contribution in [0.2, 0.25) is 5.02 Å². The Hall–Kier alpha value is -4.80. The number of para-hydroxylation sites is 1. The molecule has 0 saturated heterocycles. The molecule has 5 aromatic rings. The van der Waals surface area contributed by atoms with Gasteiger partial charge in [-0.25, -0.2) is 9.79 Å². The van der Waals surface area contributed by atoms with E-state index in [9.17, 15) is 9.59 Å². The molecule has 0 fully saturated rings. The number of hydrogen-bond donors (Lipinski definition) is 0. The Morgan fingerprint density at radius 2 is 1.76 bits per heavy atom. The summed E-state index contributed by atoms with van der Waals surface area (Å²) in [5.74, 6) is 0.628. The van der Waals surface area contributed by atoms with E-state index in [1.54, 1.807) is 30.5 Å². The number of methoxy groups -OCH3 is 3. The standard InChI is InChI=1S/C35H32ClN3O6S/c1-6-45-34(41)30-20(2)37-35-39(31(30)22-15-27(42-3)32(44-5)28(16-22)43-4)33(40)29(46-35)17-23-19-38(26-13-8-7-12-25(23)26)18-21-10-9-11-24(36)14-21/h7-17,19,31H,6,18H2,1-5H3/b29-17-/t31-/m1/s1. The van der Waals surface area contributed by atoms with Gasteiger partial charge in [0.1, 0.15) is 0 Å². The van der Waals surface area contributed by atoms with E-state index in [-0.39, 0.29) is 17.7 Å². The molecule has 0 bridgehead atoms. The molecule has 3 aromatic carbocycles. The van der Waals surface area contributed by atoms with Crippen molar-refractivity contribution in [2.75, 3.05) is 27.9 Å². The van der Waals surface area contributed by atoms with Crippen LogP contribution in [0.5, 0.6) is 17.2 Å². The number of fused-ring (bicyclic) bond motifs is 2. The first-order valence-electron chi connectivity index (χ1n) is 14.6. The predicted octanol–water partition coefficient (Wildman–Crippen LogP) is 5.48. The number of carbonyl (C=O) groups is 1. The highest BCUT2D eigenvalue weighted by molar-refractivity contribution is 7.07. The molecular formula is C35H32ClN3O6S. The predicted molar refractivity (Wildman–Crippen MR) is 179 cm³/mol. The molecule has 236 valence electrons. The van der Waals surface area contributed by atoms with E-state index in [2.05, 4.69) is 10.6 Å². The lowest BCUT2D eigenvalue weighted by molar-refractivity contribution is -0.139. The zero-order chi connectivity index (χ0) is 32.5. The number of nitrogens with zero attached hydrogens (tertiary/aromatic N) is 3. The number of benzene rings is 3. The summed E-state index contributed by atoms with van der Waals surface area (Å²) in [4.78, 5) is 32.9. The van der Waals surface area contributed by atoms with Crippen LogP contribution in [0.4, 0.5) is 0 Å². The fourth-order valence-corrected chi connectivity index (χ4v) is 7.11. The molecule has 9 nitrogen and oxygen atoms in total. The Balaban J connectivity index is 1.55. The summed E-state index contributed by atoms with van der Waals surface area (Å²) in [6, 6.07) is 18.4. The molecule has 46 heavy (non-hydrogen) atoms. The summed E-state index contributed by atoms with van der Waals surface area (Å²) >= 11 is 7.52. The quantitative estimate of drug-likeness (QED) is 0.195. The zero-order valence-corrected chi connectivity index (χ0v) is 27.6. The van der Waals surface area contributed by atoms with E-state index < -0.39 is 12.0 Å². The van der Waals surface area contributed by atoms with Crippen LogP contribution >= 0.6 is 22.9 Å². The Morgan fingerprint density at radius 3 is 2.43 bits per heavy atom. The van der Waals surface area contributed by atoms with Gasteiger partial charge in [-0.1, -0.05) is 53.3 Å². The number of hydrogen-bond acceptors (Lipinski definition) is 8. The first kappa shape index (κ1) is 31.2. The van der Waals surface area contributed by atoms with Crippen LogP contribution in [0.25, 0.3) is 17.0 Å². The summed E-state index contributed by atoms with van der Waals surface area (Å²) in [6.07, 6.45) is 3.92. The van der Waals surface area contributed by atoms with Crippen LogP contribution in [0, 0.1) is 0 Å². The molecule has 0 saturated carbocycles. The molecule has 0 radical (unpaired) electrons. The molecule has 11 heteroatoms. The van der Waals surface area contributed by atoms with Crippen molar-refractivity contribution >= 4 is 45.9 Å². The average molecular weight is 658 g/mol. The highest BCUT2D eigenvalue weighted by atomic mass is 35.5. The first-order chi connectivity index (χ1) is 22.3. The highest BCUT2D eigenvalue weighted by Crippen LogP contribution is 2.42. The van der Waals surface area contributed by atoms with Gasteiger partial charge >= 0.3 is 5.97 Å². The van der Waals surface area contributed by atoms with E-state index >= 15 is 0 Å². The summed E-state index contributed by atoms with van der Waals surface area (Å²) in [7, 11) is 4.55. The molecule has 0 N–H and O–H groups in total. The summed E-state index contributed by atoms with van der Waals surface area (Å²) in [5.41, 5.74) is 3.98. The maximum atomic E-state index is 14.3. The van der Waals surface area contributed by atoms with Gasteiger partial charge in [0.2, 0.25) is 5.75 Å². The maximum absolute atomic E-state index is 14.3. The van der Waals surface area contributed by atoms with Crippen molar-refractivity contribution in [1.82, 2.24) is 9.13 Å². The lowest BCUT2D eigenvalue weighted by Crippen LogP contribution is -2.40. The van der Waals surface area contributed by atoms with Crippen molar-refractivity contribution in [2.24, 2.45) is 4.99 Å². The van der Waals surface area contributed by atoms with Crippen LogP contribution in [0.3, 0.4) is 0 Å². The second-order valence-electron chi connectivity index (χ2n) is 10.6. The number of thiazole rings is 1. The van der Waals surface area contributed by atoms with E-state index in [1.807, 2.05) is 54.7 Å². The molecule has 1 aliphatic rings. The smallest absolute Gasteiger partial charge is 0.338 e. The summed E-state index contributed by atoms with van der Waals surface area (Å²) in [5, 5.41) is 1.68. The van der Waals surface area contributed by atoms with Gasteiger partial charge in [-0.2, -0.15) is 0 Å². The Morgan fingerprint density at radius 1 is 1.02 bits per heavy atom. The number of aromatic nitrogens is 2. The minimum Gasteiger partial charge on any atom is -0.493 e. The maximum Gasteiger partial charge on any atom is 0.338 e. The average Bonchev–Trinajstić information content (AvgIpc) is 3.55. The van der Waals surface area contributed by atoms with Gasteiger partial charge in [0.15, 0.2) is 16.3 Å². The van der Waals surface area contributed by atoms with E-state index in [0.29, 0.717) is 49.4 Å². The van der Waals surface area contributed by atoms with Crippen molar-refractivity contribution in [3.05, 3.63) is 120 Å². The fourth-order valence-electron chi connectivity index (χ4n) is 5.86. The van der Waals surface area contributed by atoms with E-state index in [1.165, 1.54) is 32.7 Å². The number of allylic oxidation sites excluding steroid dienone is 1. The van der Waals surface area contributed by atoms with Crippen LogP contribution in [-0.2, 0) is 16.1 Å². The number of esters is 1. The lowest BCUT2D eigenvalue weighted by Gasteiger charge is -2.26. The third-order valence-corrected chi connectivity index (χ3v) is 9.09. The van der Waals surface area contributed by atoms with Gasteiger partial charge in [-0.15, -0.1) is 0 Å². The SMILES string of the molecule is CCOC(=O)C1=C(C)N=c2s/c(=C\c3cn(Cc4cccc(Cl)c4)c4ccccc34)c(=O)n2[C@@H]1c1cc(OC)c(OC)c(OC)c1. The normalized spacial score (nSPS) is 14.7. The molecular weight excluding hydrogens is 626 g/mol. The third-order valence-electron chi connectivity index (χ3n) is 7.87. The monoisotopic (exact) mass is 657 g/mol. The molecule has 0 unspecified atom stereocenters. The Labute approximate surface area is 274 Å². The van der Waals surface area contributed by atoms with E-state index in [4.69, 9.17) is 35.5 Å². The fraction of sp³-hybridized carbons (Fsp3) is 0.229. The lowest BCUT2D eigenvalue weighted by atomic mass is 9.95. The van der Waals surface area contributed by atoms with Gasteiger partial charge in [-0.3, -0.25) is 9.36 Å². The number of rotatable bonds is 9. The minimum absolute atomic E-state index is 0.168. The molecule has 1 atom stereocenters. The number of ether oxygens (including phenoxy) is 4. The second-order valence-corrected chi connectivity index (χ2v) is 12.1. The van der Waals surface area contributed by atoms with Gasteiger partial charge in [-0.05, 0) is 61.4 Å². The largest absolute Gasteiger partial charge is 0.493 e. The number of carbonyl (C=O) groups excluding carboxylic acids is 1. The van der Waals surface area contributed by atoms with Crippen LogP contribution in [0.15, 0.2) is 87.9 Å².